The Labute approximate surface area is 160 Å². The lowest BCUT2D eigenvalue weighted by molar-refractivity contribution is -0.291. The van der Waals surface area contributed by atoms with Crippen molar-refractivity contribution in [2.45, 2.75) is 18.3 Å². The molecular weight excluding hydrogens is 428 g/mol. The molecule has 0 aliphatic heterocycles. The Hall–Kier alpha value is -3.25. The van der Waals surface area contributed by atoms with E-state index < -0.39 is 40.4 Å². The maximum Gasteiger partial charge on any atom is 0.459 e. The first kappa shape index (κ1) is 20.0. The molecule has 0 aliphatic rings. The van der Waals surface area contributed by atoms with Gasteiger partial charge in [0.25, 0.3) is 5.89 Å². The highest BCUT2D eigenvalue weighted by Gasteiger charge is 2.60. The molecule has 1 aromatic carbocycles. The van der Waals surface area contributed by atoms with Crippen LogP contribution < -0.4 is 0 Å². The van der Waals surface area contributed by atoms with Crippen LogP contribution in [0.1, 0.15) is 11.3 Å². The molecule has 0 unspecified atom stereocenters. The summed E-state index contributed by atoms with van der Waals surface area (Å²) in [6.07, 6.45) is -10.3. The SMILES string of the molecule is Cn1c(-c2nnco2)cc2c3nc(C(F)(F)C(F)(F)F)cc(C(F)(F)F)c3ccc21. The van der Waals surface area contributed by atoms with Crippen molar-refractivity contribution in [3.8, 4) is 11.6 Å². The van der Waals surface area contributed by atoms with Crippen LogP contribution >= 0.6 is 0 Å². The lowest BCUT2D eigenvalue weighted by Gasteiger charge is -2.21. The summed E-state index contributed by atoms with van der Waals surface area (Å²) < 4.78 is 113. The normalized spacial score (nSPS) is 13.5. The fourth-order valence-corrected chi connectivity index (χ4v) is 3.13. The van der Waals surface area contributed by atoms with E-state index in [0.717, 1.165) is 12.5 Å². The van der Waals surface area contributed by atoms with Gasteiger partial charge in [-0.15, -0.1) is 10.2 Å². The second-order valence-electron chi connectivity index (χ2n) is 6.35. The average Bonchev–Trinajstić information content (AvgIpc) is 3.27. The van der Waals surface area contributed by atoms with Gasteiger partial charge in [0.05, 0.1) is 16.6 Å². The van der Waals surface area contributed by atoms with Crippen LogP contribution in [0.4, 0.5) is 35.1 Å². The number of halogens is 8. The molecule has 0 amide bonds. The third-order valence-corrected chi connectivity index (χ3v) is 4.56. The average molecular weight is 436 g/mol. The highest BCUT2D eigenvalue weighted by molar-refractivity contribution is 6.07. The molecule has 0 saturated heterocycles. The van der Waals surface area contributed by atoms with Crippen molar-refractivity contribution in [2.24, 2.45) is 7.05 Å². The number of hydrogen-bond acceptors (Lipinski definition) is 4. The molecule has 5 nitrogen and oxygen atoms in total. The van der Waals surface area contributed by atoms with Crippen molar-refractivity contribution >= 4 is 21.8 Å². The summed E-state index contributed by atoms with van der Waals surface area (Å²) in [4.78, 5) is 3.30. The Morgan fingerprint density at radius 2 is 1.63 bits per heavy atom. The summed E-state index contributed by atoms with van der Waals surface area (Å²) in [5.74, 6) is -5.62. The first-order valence-electron chi connectivity index (χ1n) is 8.04. The zero-order valence-corrected chi connectivity index (χ0v) is 14.6. The molecule has 0 spiro atoms. The van der Waals surface area contributed by atoms with Crippen LogP contribution in [0, 0.1) is 0 Å². The van der Waals surface area contributed by atoms with Gasteiger partial charge in [0, 0.05) is 17.8 Å². The Balaban J connectivity index is 2.12. The second-order valence-corrected chi connectivity index (χ2v) is 6.35. The summed E-state index contributed by atoms with van der Waals surface area (Å²) in [5, 5.41) is 6.42. The molecule has 0 N–H and O–H groups in total. The molecule has 0 atom stereocenters. The lowest BCUT2D eigenvalue weighted by atomic mass is 10.0. The standard InChI is InChI=1S/C17H8F8N4O/c1-29-10-3-2-7-9(16(20,21)22)5-12(15(18,19)17(23,24)25)27-13(7)8(10)4-11(29)14-28-26-6-30-14/h2-6H,1H3. The molecule has 30 heavy (non-hydrogen) atoms. The minimum atomic E-state index is -6.13. The Bertz CT molecular complexity index is 1260. The third-order valence-electron chi connectivity index (χ3n) is 4.56. The van der Waals surface area contributed by atoms with Gasteiger partial charge in [0.15, 0.2) is 0 Å². The van der Waals surface area contributed by atoms with Crippen LogP contribution in [0.2, 0.25) is 0 Å². The van der Waals surface area contributed by atoms with Crippen LogP contribution in [0.3, 0.4) is 0 Å². The van der Waals surface area contributed by atoms with Crippen LogP contribution in [0.15, 0.2) is 35.1 Å². The van der Waals surface area contributed by atoms with Crippen LogP contribution in [-0.4, -0.2) is 25.9 Å². The van der Waals surface area contributed by atoms with E-state index in [0.29, 0.717) is 0 Å². The first-order valence-corrected chi connectivity index (χ1v) is 8.04. The van der Waals surface area contributed by atoms with Gasteiger partial charge in [-0.2, -0.15) is 35.1 Å². The minimum Gasteiger partial charge on any atom is -0.422 e. The fourth-order valence-electron chi connectivity index (χ4n) is 3.13. The maximum absolute atomic E-state index is 13.9. The molecule has 4 aromatic rings. The summed E-state index contributed by atoms with van der Waals surface area (Å²) in [7, 11) is 1.48. The van der Waals surface area contributed by atoms with E-state index in [1.54, 1.807) is 0 Å². The van der Waals surface area contributed by atoms with Crippen molar-refractivity contribution in [1.82, 2.24) is 19.7 Å². The first-order chi connectivity index (χ1) is 13.8. The van der Waals surface area contributed by atoms with E-state index in [2.05, 4.69) is 15.2 Å². The zero-order chi connectivity index (χ0) is 22.1. The van der Waals surface area contributed by atoms with E-state index in [1.807, 2.05) is 0 Å². The number of pyridine rings is 1. The Kier molecular flexibility index (Phi) is 4.09. The molecule has 158 valence electrons. The van der Waals surface area contributed by atoms with Gasteiger partial charge in [0.2, 0.25) is 6.39 Å². The number of fused-ring (bicyclic) bond motifs is 3. The fraction of sp³-hybridized carbons (Fsp3) is 0.235. The van der Waals surface area contributed by atoms with Crippen LogP contribution in [0.5, 0.6) is 0 Å². The number of aromatic nitrogens is 4. The summed E-state index contributed by atoms with van der Waals surface area (Å²) >= 11 is 0. The van der Waals surface area contributed by atoms with Crippen molar-refractivity contribution < 1.29 is 39.5 Å². The van der Waals surface area contributed by atoms with Crippen LogP contribution in [0.25, 0.3) is 33.4 Å². The lowest BCUT2D eigenvalue weighted by Crippen LogP contribution is -2.35. The molecule has 0 radical (unpaired) electrons. The van der Waals surface area contributed by atoms with Crippen LogP contribution in [-0.2, 0) is 19.1 Å². The minimum absolute atomic E-state index is 0.0327. The number of aryl methyl sites for hydroxylation is 1. The van der Waals surface area contributed by atoms with Crippen molar-refractivity contribution in [2.75, 3.05) is 0 Å². The number of nitrogens with zero attached hydrogens (tertiary/aromatic N) is 4. The smallest absolute Gasteiger partial charge is 0.422 e. The summed E-state index contributed by atoms with van der Waals surface area (Å²) in [6.45, 7) is 0. The van der Waals surface area contributed by atoms with Gasteiger partial charge in [-0.25, -0.2) is 4.98 Å². The topological polar surface area (TPSA) is 56.7 Å². The summed E-state index contributed by atoms with van der Waals surface area (Å²) in [5.41, 5.74) is -3.95. The molecule has 13 heteroatoms. The van der Waals surface area contributed by atoms with E-state index in [1.165, 1.54) is 23.7 Å². The van der Waals surface area contributed by atoms with Crippen molar-refractivity contribution in [3.05, 3.63) is 41.9 Å². The predicted octanol–water partition coefficient (Wildman–Crippen LogP) is 5.45. The van der Waals surface area contributed by atoms with Crippen molar-refractivity contribution in [3.63, 3.8) is 0 Å². The molecule has 0 saturated carbocycles. The zero-order valence-electron chi connectivity index (χ0n) is 14.6. The van der Waals surface area contributed by atoms with Gasteiger partial charge in [-0.3, -0.25) is 0 Å². The molecule has 3 aromatic heterocycles. The predicted molar refractivity (Wildman–Crippen MR) is 86.5 cm³/mol. The van der Waals surface area contributed by atoms with E-state index in [-0.39, 0.29) is 28.6 Å². The largest absolute Gasteiger partial charge is 0.459 e. The number of rotatable bonds is 2. The monoisotopic (exact) mass is 436 g/mol. The summed E-state index contributed by atoms with van der Waals surface area (Å²) in [6, 6.07) is 3.17. The van der Waals surface area contributed by atoms with Gasteiger partial charge in [-0.1, -0.05) is 6.07 Å². The van der Waals surface area contributed by atoms with E-state index in [4.69, 9.17) is 4.42 Å². The number of alkyl halides is 8. The number of benzene rings is 1. The van der Waals surface area contributed by atoms with Gasteiger partial charge in [-0.05, 0) is 18.2 Å². The molecular formula is C17H8F8N4O. The van der Waals surface area contributed by atoms with Crippen molar-refractivity contribution in [1.29, 1.82) is 0 Å². The van der Waals surface area contributed by atoms with Gasteiger partial charge < -0.3 is 8.98 Å². The molecule has 0 bridgehead atoms. The Morgan fingerprint density at radius 3 is 2.20 bits per heavy atom. The number of hydrogen-bond donors (Lipinski definition) is 0. The highest BCUT2D eigenvalue weighted by Crippen LogP contribution is 2.46. The quantitative estimate of drug-likeness (QED) is 0.392. The third kappa shape index (κ3) is 2.87. The Morgan fingerprint density at radius 1 is 0.933 bits per heavy atom. The molecule has 3 heterocycles. The maximum atomic E-state index is 13.9. The second kappa shape index (κ2) is 6.12. The van der Waals surface area contributed by atoms with Gasteiger partial charge >= 0.3 is 18.3 Å². The van der Waals surface area contributed by atoms with E-state index in [9.17, 15) is 35.1 Å². The van der Waals surface area contributed by atoms with Gasteiger partial charge in [0.1, 0.15) is 11.4 Å². The molecule has 4 rings (SSSR count). The molecule has 0 fully saturated rings. The molecule has 0 aliphatic carbocycles. The van der Waals surface area contributed by atoms with E-state index >= 15 is 0 Å². The highest BCUT2D eigenvalue weighted by atomic mass is 19.4.